The Morgan fingerprint density at radius 2 is 0.776 bits per heavy atom. The van der Waals surface area contributed by atoms with E-state index >= 15 is 0 Å². The molecule has 13 aromatic carbocycles. The van der Waals surface area contributed by atoms with Crippen LogP contribution in [-0.2, 0) is 0 Å². The molecule has 3 nitrogen and oxygen atoms in total. The molecule has 0 spiro atoms. The van der Waals surface area contributed by atoms with Gasteiger partial charge < -0.3 is 10.0 Å². The molecule has 1 atom stereocenters. The van der Waals surface area contributed by atoms with E-state index in [0.717, 1.165) is 15.6 Å². The second-order valence-electron chi connectivity index (χ2n) is 22.4. The van der Waals surface area contributed by atoms with Gasteiger partial charge in [0, 0.05) is 5.56 Å². The van der Waals surface area contributed by atoms with Crippen molar-refractivity contribution in [2.75, 3.05) is 0 Å². The minimum atomic E-state index is -2.07. The van der Waals surface area contributed by atoms with Gasteiger partial charge in [-0.25, -0.2) is 0 Å². The van der Waals surface area contributed by atoms with Crippen molar-refractivity contribution in [2.45, 2.75) is 0 Å². The summed E-state index contributed by atoms with van der Waals surface area (Å²) in [7, 11) is -1.37. The van der Waals surface area contributed by atoms with Crippen molar-refractivity contribution in [3.05, 3.63) is 374 Å². The summed E-state index contributed by atoms with van der Waals surface area (Å²) < 4.78 is 21.9. The van der Waals surface area contributed by atoms with Crippen molar-refractivity contribution in [3.63, 3.8) is 0 Å². The number of hydrogen-bond acceptors (Lipinski definition) is 3. The van der Waals surface area contributed by atoms with Crippen molar-refractivity contribution < 1.29 is 14.2 Å². The van der Waals surface area contributed by atoms with Crippen molar-refractivity contribution in [1.29, 1.82) is 0 Å². The zero-order chi connectivity index (χ0) is 67.3. The molecule has 0 amide bonds. The number of hydrogen-bond donors (Lipinski definition) is 3. The SMILES string of the molecule is Brc1c[se]c2ccccc12.C#Cc1ccccc1.C(=C\c1c[se]c2ccccc12)/c1ccccc1.C(=C\c1c[se]c2ccccc12)/c1ccccc1.OB(O)/C=C/c1ccccc1.O[SeH]1c2ccccc2-c2ccc3ccccc3c21.c1ccc2c(c1)ccc1c3ccccc3[se]c21. The Balaban J connectivity index is 0.000000111. The fraction of sp³-hybridized carbons (Fsp3) is 0. The average molecular weight is 1660 g/mol. The fourth-order valence-corrected chi connectivity index (χ4v) is 24.2. The van der Waals surface area contributed by atoms with E-state index in [0.29, 0.717) is 58.0 Å². The molecule has 3 N–H and O–H groups in total. The zero-order valence-electron chi connectivity index (χ0n) is 53.2. The first kappa shape index (κ1) is 69.3. The van der Waals surface area contributed by atoms with E-state index in [-0.39, 0.29) is 0 Å². The van der Waals surface area contributed by atoms with E-state index in [4.69, 9.17) is 16.5 Å². The van der Waals surface area contributed by atoms with E-state index < -0.39 is 21.3 Å². The molecule has 10 heteroatoms. The third-order valence-electron chi connectivity index (χ3n) is 16.0. The van der Waals surface area contributed by atoms with Crippen LogP contribution in [0.1, 0.15) is 33.4 Å². The molecular weight excluding hydrogens is 1590 g/mol. The van der Waals surface area contributed by atoms with Crippen molar-refractivity contribution in [2.24, 2.45) is 0 Å². The summed E-state index contributed by atoms with van der Waals surface area (Å²) >= 11 is 3.49. The summed E-state index contributed by atoms with van der Waals surface area (Å²) in [4.78, 5) is 6.98. The number of halogens is 1. The molecule has 1 aliphatic rings. The molecule has 476 valence electrons. The summed E-state index contributed by atoms with van der Waals surface area (Å²) in [6, 6.07) is 109. The molecule has 4 aromatic heterocycles. The Morgan fingerprint density at radius 3 is 1.32 bits per heavy atom. The molecule has 0 saturated heterocycles. The molecule has 0 radical (unpaired) electrons. The third-order valence-corrected chi connectivity index (χ3v) is 29.7. The van der Waals surface area contributed by atoms with Gasteiger partial charge in [0.1, 0.15) is 0 Å². The second-order valence-corrected chi connectivity index (χ2v) is 34.5. The molecule has 18 rings (SSSR count). The Kier molecular flexibility index (Phi) is 24.9. The van der Waals surface area contributed by atoms with Gasteiger partial charge in [-0.15, -0.1) is 6.42 Å². The van der Waals surface area contributed by atoms with Crippen LogP contribution < -0.4 is 8.92 Å². The van der Waals surface area contributed by atoms with Gasteiger partial charge in [0.15, 0.2) is 0 Å². The molecular formula is C88H66BBrO3Se5. The maximum absolute atomic E-state index is 10.7. The Morgan fingerprint density at radius 1 is 0.357 bits per heavy atom. The monoisotopic (exact) mass is 1660 g/mol. The summed E-state index contributed by atoms with van der Waals surface area (Å²) in [5.74, 6) is 3.84. The van der Waals surface area contributed by atoms with E-state index in [1.165, 1.54) is 114 Å². The second kappa shape index (κ2) is 35.3. The van der Waals surface area contributed by atoms with Gasteiger partial charge in [-0.2, -0.15) is 0 Å². The molecule has 17 aromatic rings. The summed E-state index contributed by atoms with van der Waals surface area (Å²) in [5.41, 5.74) is 9.59. The van der Waals surface area contributed by atoms with E-state index in [2.05, 4.69) is 279 Å². The maximum atomic E-state index is 10.7. The molecule has 1 aliphatic heterocycles. The third kappa shape index (κ3) is 18.0. The topological polar surface area (TPSA) is 60.7 Å². The Hall–Kier alpha value is -8.60. The van der Waals surface area contributed by atoms with Gasteiger partial charge in [0.05, 0.1) is 0 Å². The fourth-order valence-electron chi connectivity index (χ4n) is 11.2. The summed E-state index contributed by atoms with van der Waals surface area (Å²) in [6.07, 6.45) is 15.6. The van der Waals surface area contributed by atoms with E-state index in [1.807, 2.05) is 97.1 Å². The van der Waals surface area contributed by atoms with Crippen LogP contribution in [0.3, 0.4) is 0 Å². The molecule has 0 aliphatic carbocycles. The minimum absolute atomic E-state index is 0.465. The molecule has 98 heavy (non-hydrogen) atoms. The van der Waals surface area contributed by atoms with Crippen LogP contribution >= 0.6 is 15.9 Å². The molecule has 5 heterocycles. The van der Waals surface area contributed by atoms with Gasteiger partial charge >= 0.3 is 510 Å². The number of rotatable bonds is 6. The van der Waals surface area contributed by atoms with Gasteiger partial charge in [-0.05, 0) is 17.7 Å². The van der Waals surface area contributed by atoms with Crippen molar-refractivity contribution in [3.8, 4) is 23.5 Å². The van der Waals surface area contributed by atoms with Crippen LogP contribution in [0.2, 0.25) is 0 Å². The predicted molar refractivity (Wildman–Crippen MR) is 435 cm³/mol. The molecule has 0 bridgehead atoms. The normalized spacial score (nSPS) is 12.2. The van der Waals surface area contributed by atoms with E-state index in [1.54, 1.807) is 10.3 Å². The van der Waals surface area contributed by atoms with Crippen LogP contribution in [0.15, 0.2) is 341 Å². The predicted octanol–water partition coefficient (Wildman–Crippen LogP) is 19.0. The number of terminal acetylenes is 1. The van der Waals surface area contributed by atoms with Crippen molar-refractivity contribution >= 4 is 204 Å². The Bertz CT molecular complexity index is 5440. The Labute approximate surface area is 610 Å². The quantitative estimate of drug-likeness (QED) is 0.115. The first-order valence-electron chi connectivity index (χ1n) is 31.8. The van der Waals surface area contributed by atoms with Gasteiger partial charge in [0.25, 0.3) is 0 Å². The van der Waals surface area contributed by atoms with E-state index in [9.17, 15) is 4.19 Å². The average Bonchev–Trinajstić information content (AvgIpc) is 1.60. The van der Waals surface area contributed by atoms with Gasteiger partial charge in [-0.1, -0.05) is 66.5 Å². The zero-order valence-corrected chi connectivity index (χ0v) is 63.5. The molecule has 1 unspecified atom stereocenters. The van der Waals surface area contributed by atoms with Crippen LogP contribution in [0.5, 0.6) is 0 Å². The number of benzene rings is 13. The first-order valence-corrected chi connectivity index (χ1v) is 42.5. The molecule has 0 saturated carbocycles. The van der Waals surface area contributed by atoms with Gasteiger partial charge in [-0.3, -0.25) is 0 Å². The van der Waals surface area contributed by atoms with Crippen LogP contribution in [-0.4, -0.2) is 93.6 Å². The van der Waals surface area contributed by atoms with Crippen LogP contribution in [0.25, 0.3) is 111 Å². The number of fused-ring (bicyclic) bond motifs is 13. The van der Waals surface area contributed by atoms with Gasteiger partial charge in [0.2, 0.25) is 0 Å². The summed E-state index contributed by atoms with van der Waals surface area (Å²) in [6.45, 7) is 0. The van der Waals surface area contributed by atoms with Crippen LogP contribution in [0.4, 0.5) is 0 Å². The first-order chi connectivity index (χ1) is 48.3. The van der Waals surface area contributed by atoms with Crippen molar-refractivity contribution in [1.82, 2.24) is 0 Å². The van der Waals surface area contributed by atoms with Crippen LogP contribution in [0, 0.1) is 12.3 Å². The summed E-state index contributed by atoms with van der Waals surface area (Å²) in [5, 5.41) is 29.3. The standard InChI is InChI=1S/C16H12OSe.C16H10Se.2C16H12Se.C8H9BO2.C8H5BrSe.C8H6/c17-18-15-8-4-3-7-13(15)14-10-9-11-5-1-2-6-12(11)16(14)18;1-2-6-12-11(5-1)9-10-14-13-7-3-4-8-15(13)17-16(12)14;2*1-2-6-13(7-3-1)10-11-14-12-17-16-9-5-4-8-15(14)16;10-9(11)7-6-8-4-2-1-3-5-8;9-7-5-10-8-4-2-1-3-6(7)8;1-2-8-6-4-3-5-7-8/h1-10,17-18H;1-10H;2*1-12H;1-7,10-11H;1-5H;1,3-7H/b;;2*11-10+;7-6+;;. The molecule has 0 fully saturated rings.